The Labute approximate surface area is 141 Å². The smallest absolute Gasteiger partial charge is 0.342 e. The molecule has 0 spiro atoms. The van der Waals surface area contributed by atoms with E-state index >= 15 is 0 Å². The molecule has 6 heteroatoms. The molecule has 3 aliphatic heterocycles. The third kappa shape index (κ3) is 2.80. The van der Waals surface area contributed by atoms with Crippen molar-refractivity contribution in [3.63, 3.8) is 0 Å². The molecule has 3 aliphatic rings. The van der Waals surface area contributed by atoms with Crippen LogP contribution in [0.2, 0.25) is 0 Å². The third-order valence-electron chi connectivity index (χ3n) is 5.14. The van der Waals surface area contributed by atoms with E-state index in [1.54, 1.807) is 13.0 Å². The van der Waals surface area contributed by atoms with Crippen LogP contribution in [0.4, 0.5) is 0 Å². The van der Waals surface area contributed by atoms with E-state index in [9.17, 15) is 14.7 Å². The van der Waals surface area contributed by atoms with Gasteiger partial charge >= 0.3 is 11.9 Å². The molecular formula is C18H23NO5. The van der Waals surface area contributed by atoms with Gasteiger partial charge in [0.05, 0.1) is 6.04 Å². The first-order valence-corrected chi connectivity index (χ1v) is 8.21. The molecule has 6 nitrogen and oxygen atoms in total. The number of allylic oxidation sites excluding steroid dienone is 1. The lowest BCUT2D eigenvalue weighted by atomic mass is 9.91. The number of carbonyl (C=O) groups is 2. The highest BCUT2D eigenvalue weighted by molar-refractivity contribution is 5.90. The molecular weight excluding hydrogens is 310 g/mol. The SMILES string of the molecule is C=C1C/C(=C/C)C(=O)O[C@@H]2CCN3CC=C(COC(=O)C1(C)O)C23. The van der Waals surface area contributed by atoms with Crippen molar-refractivity contribution in [3.8, 4) is 0 Å². The summed E-state index contributed by atoms with van der Waals surface area (Å²) >= 11 is 0. The van der Waals surface area contributed by atoms with Gasteiger partial charge in [-0.05, 0) is 31.4 Å². The van der Waals surface area contributed by atoms with Crippen LogP contribution in [-0.2, 0) is 19.1 Å². The Hall–Kier alpha value is -1.92. The van der Waals surface area contributed by atoms with Crippen molar-refractivity contribution >= 4 is 11.9 Å². The monoisotopic (exact) mass is 333 g/mol. The summed E-state index contributed by atoms with van der Waals surface area (Å²) in [6.45, 7) is 8.53. The van der Waals surface area contributed by atoms with Gasteiger partial charge in [0.2, 0.25) is 0 Å². The number of hydrogen-bond donors (Lipinski definition) is 1. The summed E-state index contributed by atoms with van der Waals surface area (Å²) in [7, 11) is 0. The Morgan fingerprint density at radius 1 is 1.46 bits per heavy atom. The maximum Gasteiger partial charge on any atom is 0.342 e. The quantitative estimate of drug-likeness (QED) is 0.407. The molecule has 130 valence electrons. The van der Waals surface area contributed by atoms with Crippen molar-refractivity contribution in [1.82, 2.24) is 4.90 Å². The highest BCUT2D eigenvalue weighted by atomic mass is 16.6. The van der Waals surface area contributed by atoms with Crippen LogP contribution < -0.4 is 0 Å². The molecule has 3 heterocycles. The van der Waals surface area contributed by atoms with Crippen LogP contribution in [0, 0.1) is 0 Å². The van der Waals surface area contributed by atoms with Crippen molar-refractivity contribution in [3.05, 3.63) is 35.5 Å². The zero-order valence-corrected chi connectivity index (χ0v) is 14.1. The zero-order chi connectivity index (χ0) is 17.5. The maximum absolute atomic E-state index is 12.5. The Morgan fingerprint density at radius 2 is 2.21 bits per heavy atom. The Kier molecular flexibility index (Phi) is 4.36. The lowest BCUT2D eigenvalue weighted by molar-refractivity contribution is -0.160. The van der Waals surface area contributed by atoms with Crippen LogP contribution in [0.3, 0.4) is 0 Å². The van der Waals surface area contributed by atoms with Crippen LogP contribution in [0.1, 0.15) is 26.7 Å². The average molecular weight is 333 g/mol. The minimum Gasteiger partial charge on any atom is -0.459 e. The van der Waals surface area contributed by atoms with Gasteiger partial charge in [0, 0.05) is 25.1 Å². The number of cyclic esters (lactones) is 1. The van der Waals surface area contributed by atoms with E-state index in [0.717, 1.165) is 25.1 Å². The van der Waals surface area contributed by atoms with Gasteiger partial charge in [-0.15, -0.1) is 0 Å². The zero-order valence-electron chi connectivity index (χ0n) is 14.1. The predicted octanol–water partition coefficient (Wildman–Crippen LogP) is 1.11. The summed E-state index contributed by atoms with van der Waals surface area (Å²) in [6, 6.07) is -0.0487. The van der Waals surface area contributed by atoms with Gasteiger partial charge in [0.1, 0.15) is 12.7 Å². The number of hydrogen-bond acceptors (Lipinski definition) is 6. The molecule has 3 rings (SSSR count). The van der Waals surface area contributed by atoms with Crippen LogP contribution in [0.25, 0.3) is 0 Å². The first-order valence-electron chi connectivity index (χ1n) is 8.21. The summed E-state index contributed by atoms with van der Waals surface area (Å²) in [5.74, 6) is -1.16. The van der Waals surface area contributed by atoms with E-state index in [2.05, 4.69) is 11.5 Å². The molecule has 0 aliphatic carbocycles. The molecule has 24 heavy (non-hydrogen) atoms. The van der Waals surface area contributed by atoms with Crippen molar-refractivity contribution in [2.24, 2.45) is 0 Å². The summed E-state index contributed by atoms with van der Waals surface area (Å²) in [5.41, 5.74) is -0.330. The Bertz CT molecular complexity index is 646. The number of esters is 2. The topological polar surface area (TPSA) is 76.1 Å². The first kappa shape index (κ1) is 16.9. The molecule has 0 bridgehead atoms. The van der Waals surface area contributed by atoms with Crippen LogP contribution >= 0.6 is 0 Å². The lowest BCUT2D eigenvalue weighted by Crippen LogP contribution is -2.42. The van der Waals surface area contributed by atoms with E-state index in [4.69, 9.17) is 9.47 Å². The first-order chi connectivity index (χ1) is 11.3. The number of aliphatic hydroxyl groups is 1. The summed E-state index contributed by atoms with van der Waals surface area (Å²) < 4.78 is 11.1. The summed E-state index contributed by atoms with van der Waals surface area (Å²) in [6.07, 6.45) is 4.23. The van der Waals surface area contributed by atoms with Gasteiger partial charge in [-0.25, -0.2) is 9.59 Å². The van der Waals surface area contributed by atoms with Gasteiger partial charge in [0.25, 0.3) is 0 Å². The second-order valence-corrected chi connectivity index (χ2v) is 6.69. The van der Waals surface area contributed by atoms with E-state index in [1.807, 2.05) is 6.08 Å². The third-order valence-corrected chi connectivity index (χ3v) is 5.14. The molecule has 0 radical (unpaired) electrons. The number of rotatable bonds is 0. The van der Waals surface area contributed by atoms with Crippen LogP contribution in [0.15, 0.2) is 35.5 Å². The van der Waals surface area contributed by atoms with Crippen LogP contribution in [-0.4, -0.2) is 59.4 Å². The highest BCUT2D eigenvalue weighted by Crippen LogP contribution is 2.33. The molecule has 3 atom stereocenters. The lowest BCUT2D eigenvalue weighted by Gasteiger charge is -2.28. The van der Waals surface area contributed by atoms with E-state index in [1.165, 1.54) is 6.92 Å². The number of ether oxygens (including phenoxy) is 2. The van der Waals surface area contributed by atoms with Crippen molar-refractivity contribution < 1.29 is 24.2 Å². The number of carbonyl (C=O) groups excluding carboxylic acids is 2. The van der Waals surface area contributed by atoms with Crippen molar-refractivity contribution in [2.75, 3.05) is 19.7 Å². The summed E-state index contributed by atoms with van der Waals surface area (Å²) in [4.78, 5) is 27.0. The van der Waals surface area contributed by atoms with E-state index in [-0.39, 0.29) is 30.7 Å². The molecule has 2 unspecified atom stereocenters. The minimum absolute atomic E-state index is 0.0487. The average Bonchev–Trinajstić information content (AvgIpc) is 3.12. The predicted molar refractivity (Wildman–Crippen MR) is 87.0 cm³/mol. The minimum atomic E-state index is -1.85. The van der Waals surface area contributed by atoms with Gasteiger partial charge in [-0.1, -0.05) is 18.7 Å². The van der Waals surface area contributed by atoms with E-state index < -0.39 is 17.5 Å². The molecule has 0 aromatic carbocycles. The van der Waals surface area contributed by atoms with Gasteiger partial charge in [0.15, 0.2) is 5.60 Å². The largest absolute Gasteiger partial charge is 0.459 e. The van der Waals surface area contributed by atoms with Crippen molar-refractivity contribution in [2.45, 2.75) is 44.4 Å². The Morgan fingerprint density at radius 3 is 2.92 bits per heavy atom. The van der Waals surface area contributed by atoms with Gasteiger partial charge < -0.3 is 14.6 Å². The standard InChI is InChI=1S/C18H23NO5/c1-4-12-9-11(2)18(3,22)17(21)23-10-13-5-7-19-8-6-14(15(13)19)24-16(12)20/h4-5,14-15,22H,2,6-10H2,1,3H3/b12-4-/t14-,15?,18?/m1/s1. The fraction of sp³-hybridized carbons (Fsp3) is 0.556. The summed E-state index contributed by atoms with van der Waals surface area (Å²) in [5, 5.41) is 10.5. The molecule has 0 aromatic rings. The molecule has 2 fully saturated rings. The van der Waals surface area contributed by atoms with Gasteiger partial charge in [-0.2, -0.15) is 0 Å². The fourth-order valence-corrected chi connectivity index (χ4v) is 3.47. The number of nitrogens with zero attached hydrogens (tertiary/aromatic N) is 1. The Balaban J connectivity index is 1.92. The van der Waals surface area contributed by atoms with E-state index in [0.29, 0.717) is 5.57 Å². The fourth-order valence-electron chi connectivity index (χ4n) is 3.47. The van der Waals surface area contributed by atoms with Crippen LogP contribution in [0.5, 0.6) is 0 Å². The molecule has 2 saturated heterocycles. The van der Waals surface area contributed by atoms with Gasteiger partial charge in [-0.3, -0.25) is 4.90 Å². The highest BCUT2D eigenvalue weighted by Gasteiger charge is 2.44. The van der Waals surface area contributed by atoms with Crippen molar-refractivity contribution in [1.29, 1.82) is 0 Å². The second kappa shape index (κ2) is 6.18. The maximum atomic E-state index is 12.5. The molecule has 0 amide bonds. The molecule has 1 N–H and O–H groups in total. The molecule has 0 aromatic heterocycles. The molecule has 0 saturated carbocycles. The second-order valence-electron chi connectivity index (χ2n) is 6.69. The normalized spacial score (nSPS) is 36.5.